The Hall–Kier alpha value is -1.73. The van der Waals surface area contributed by atoms with E-state index in [1.54, 1.807) is 28.4 Å². The molecule has 0 aliphatic heterocycles. The maximum Gasteiger partial charge on any atom is 0.339 e. The zero-order valence-corrected chi connectivity index (χ0v) is 14.6. The number of hydrogen-bond donors (Lipinski definition) is 0. The molecule has 0 aromatic carbocycles. The van der Waals surface area contributed by atoms with Crippen molar-refractivity contribution in [3.8, 4) is 0 Å². The zero-order chi connectivity index (χ0) is 16.1. The van der Waals surface area contributed by atoms with Crippen LogP contribution in [-0.4, -0.2) is 35.4 Å². The van der Waals surface area contributed by atoms with E-state index in [9.17, 15) is 9.59 Å². The lowest BCUT2D eigenvalue weighted by atomic mass is 10.2. The first-order chi connectivity index (χ1) is 10.5. The summed E-state index contributed by atoms with van der Waals surface area (Å²) >= 11 is 5.01. The van der Waals surface area contributed by atoms with Crippen LogP contribution in [0, 0.1) is 0 Å². The molecule has 0 radical (unpaired) electrons. The Bertz CT molecular complexity index is 670. The Morgan fingerprint density at radius 1 is 1.32 bits per heavy atom. The maximum absolute atomic E-state index is 12.5. The molecule has 2 aromatic heterocycles. The van der Waals surface area contributed by atoms with E-state index in [0.717, 1.165) is 8.66 Å². The summed E-state index contributed by atoms with van der Waals surface area (Å²) in [6.07, 6.45) is 1.36. The number of ether oxygens (including phenoxy) is 1. The molecule has 22 heavy (non-hydrogen) atoms. The van der Waals surface area contributed by atoms with E-state index in [-0.39, 0.29) is 5.91 Å². The predicted molar refractivity (Wildman–Crippen MR) is 88.0 cm³/mol. The van der Waals surface area contributed by atoms with Crippen LogP contribution >= 0.6 is 27.3 Å². The Morgan fingerprint density at radius 2 is 2.09 bits per heavy atom. The molecule has 116 valence electrons. The van der Waals surface area contributed by atoms with Gasteiger partial charge in [-0.2, -0.15) is 0 Å². The molecule has 0 atom stereocenters. The minimum Gasteiger partial charge on any atom is -0.465 e. The number of hydrogen-bond acceptors (Lipinski definition) is 5. The Kier molecular flexibility index (Phi) is 5.68. The van der Waals surface area contributed by atoms with Gasteiger partial charge < -0.3 is 9.64 Å². The number of pyridine rings is 1. The zero-order valence-electron chi connectivity index (χ0n) is 12.2. The minimum atomic E-state index is -0.470. The minimum absolute atomic E-state index is 0.163. The molecule has 5 nitrogen and oxygen atoms in total. The third kappa shape index (κ3) is 3.92. The number of nitrogens with zero attached hydrogens (tertiary/aromatic N) is 2. The smallest absolute Gasteiger partial charge is 0.339 e. The fraction of sp³-hybridized carbons (Fsp3) is 0.267. The van der Waals surface area contributed by atoms with E-state index < -0.39 is 5.97 Å². The van der Waals surface area contributed by atoms with Gasteiger partial charge in [-0.15, -0.1) is 11.3 Å². The van der Waals surface area contributed by atoms with Crippen molar-refractivity contribution >= 4 is 39.1 Å². The molecule has 1 amide bonds. The van der Waals surface area contributed by atoms with Crippen LogP contribution in [-0.2, 0) is 11.3 Å². The van der Waals surface area contributed by atoms with Gasteiger partial charge in [0, 0.05) is 17.6 Å². The van der Waals surface area contributed by atoms with Crippen molar-refractivity contribution in [1.82, 2.24) is 9.88 Å². The molecule has 0 unspecified atom stereocenters. The molecule has 7 heteroatoms. The fourth-order valence-electron chi connectivity index (χ4n) is 1.87. The van der Waals surface area contributed by atoms with Crippen LogP contribution in [0.2, 0.25) is 0 Å². The summed E-state index contributed by atoms with van der Waals surface area (Å²) in [7, 11) is 1.30. The highest BCUT2D eigenvalue weighted by Gasteiger charge is 2.17. The van der Waals surface area contributed by atoms with Gasteiger partial charge >= 0.3 is 5.97 Å². The number of thiophene rings is 1. The van der Waals surface area contributed by atoms with E-state index >= 15 is 0 Å². The summed E-state index contributed by atoms with van der Waals surface area (Å²) in [6.45, 7) is 3.03. The average molecular weight is 383 g/mol. The molecule has 0 bridgehead atoms. The van der Waals surface area contributed by atoms with E-state index in [1.165, 1.54) is 13.3 Å². The van der Waals surface area contributed by atoms with Crippen molar-refractivity contribution in [3.63, 3.8) is 0 Å². The molecule has 0 spiro atoms. The van der Waals surface area contributed by atoms with Crippen LogP contribution < -0.4 is 0 Å². The summed E-state index contributed by atoms with van der Waals surface area (Å²) in [5.74, 6) is -0.634. The predicted octanol–water partition coefficient (Wildman–Crippen LogP) is 3.35. The Morgan fingerprint density at radius 3 is 2.59 bits per heavy atom. The van der Waals surface area contributed by atoms with Crippen molar-refractivity contribution < 1.29 is 14.3 Å². The first-order valence-electron chi connectivity index (χ1n) is 6.63. The average Bonchev–Trinajstić information content (AvgIpc) is 2.96. The van der Waals surface area contributed by atoms with E-state index in [1.807, 2.05) is 19.1 Å². The number of rotatable bonds is 5. The first-order valence-corrected chi connectivity index (χ1v) is 8.24. The summed E-state index contributed by atoms with van der Waals surface area (Å²) in [5, 5.41) is 0. The molecule has 0 aliphatic carbocycles. The molecule has 0 N–H and O–H groups in total. The van der Waals surface area contributed by atoms with E-state index in [0.29, 0.717) is 24.3 Å². The van der Waals surface area contributed by atoms with Gasteiger partial charge in [0.05, 0.1) is 23.0 Å². The quantitative estimate of drug-likeness (QED) is 0.743. The van der Waals surface area contributed by atoms with Gasteiger partial charge in [-0.25, -0.2) is 4.79 Å². The molecule has 2 heterocycles. The summed E-state index contributed by atoms with van der Waals surface area (Å²) in [6, 6.07) is 7.03. The van der Waals surface area contributed by atoms with Gasteiger partial charge in [-0.3, -0.25) is 9.78 Å². The molecular weight excluding hydrogens is 368 g/mol. The van der Waals surface area contributed by atoms with Crippen LogP contribution in [0.1, 0.15) is 32.6 Å². The van der Waals surface area contributed by atoms with Gasteiger partial charge in [-0.1, -0.05) is 0 Å². The number of carbonyl (C=O) groups is 2. The van der Waals surface area contributed by atoms with Crippen molar-refractivity contribution in [2.45, 2.75) is 13.5 Å². The molecule has 2 rings (SSSR count). The normalized spacial score (nSPS) is 10.3. The van der Waals surface area contributed by atoms with E-state index in [2.05, 4.69) is 25.7 Å². The van der Waals surface area contributed by atoms with Gasteiger partial charge in [-0.05, 0) is 47.1 Å². The summed E-state index contributed by atoms with van der Waals surface area (Å²) in [5.41, 5.74) is 0.634. The lowest BCUT2D eigenvalue weighted by Gasteiger charge is -2.19. The number of carbonyl (C=O) groups excluding carboxylic acids is 2. The summed E-state index contributed by atoms with van der Waals surface area (Å²) < 4.78 is 5.64. The Labute approximate surface area is 141 Å². The van der Waals surface area contributed by atoms with Gasteiger partial charge in [0.1, 0.15) is 5.69 Å². The second-order valence-electron chi connectivity index (χ2n) is 4.45. The highest BCUT2D eigenvalue weighted by molar-refractivity contribution is 9.11. The molecule has 0 aliphatic rings. The molecule has 2 aromatic rings. The molecule has 0 fully saturated rings. The number of methoxy groups -OCH3 is 1. The van der Waals surface area contributed by atoms with Crippen molar-refractivity contribution in [3.05, 3.63) is 50.4 Å². The third-order valence-electron chi connectivity index (χ3n) is 3.05. The Balaban J connectivity index is 2.12. The van der Waals surface area contributed by atoms with E-state index in [4.69, 9.17) is 0 Å². The van der Waals surface area contributed by atoms with Crippen LogP contribution in [0.4, 0.5) is 0 Å². The second-order valence-corrected chi connectivity index (χ2v) is 7.00. The van der Waals surface area contributed by atoms with Crippen molar-refractivity contribution in [1.29, 1.82) is 0 Å². The number of aromatic nitrogens is 1. The lowest BCUT2D eigenvalue weighted by Crippen LogP contribution is -2.30. The second kappa shape index (κ2) is 7.51. The third-order valence-corrected chi connectivity index (χ3v) is 4.66. The van der Waals surface area contributed by atoms with Crippen LogP contribution in [0.3, 0.4) is 0 Å². The topological polar surface area (TPSA) is 59.5 Å². The number of esters is 1. The van der Waals surface area contributed by atoms with Crippen LogP contribution in [0.25, 0.3) is 0 Å². The van der Waals surface area contributed by atoms with Crippen LogP contribution in [0.5, 0.6) is 0 Å². The highest BCUT2D eigenvalue weighted by Crippen LogP contribution is 2.23. The highest BCUT2D eigenvalue weighted by atomic mass is 79.9. The fourth-order valence-corrected chi connectivity index (χ4v) is 3.37. The maximum atomic E-state index is 12.5. The number of halogens is 1. The van der Waals surface area contributed by atoms with Crippen molar-refractivity contribution in [2.24, 2.45) is 0 Å². The summed E-state index contributed by atoms with van der Waals surface area (Å²) in [4.78, 5) is 30.7. The van der Waals surface area contributed by atoms with Crippen LogP contribution in [0.15, 0.2) is 34.2 Å². The number of amides is 1. The van der Waals surface area contributed by atoms with Gasteiger partial charge in [0.2, 0.25) is 0 Å². The molecule has 0 saturated heterocycles. The lowest BCUT2D eigenvalue weighted by molar-refractivity contribution is 0.0599. The standard InChI is InChI=1S/C15H15BrN2O3S/c1-3-18(9-11-5-7-13(16)22-11)14(19)12-6-4-10(8-17-12)15(20)21-2/h4-8H,3,9H2,1-2H3. The van der Waals surface area contributed by atoms with Gasteiger partial charge in [0.15, 0.2) is 0 Å². The molecule has 0 saturated carbocycles. The SMILES string of the molecule is CCN(Cc1ccc(Br)s1)C(=O)c1ccc(C(=O)OC)cn1. The van der Waals surface area contributed by atoms with Gasteiger partial charge in [0.25, 0.3) is 5.91 Å². The monoisotopic (exact) mass is 382 g/mol. The molecular formula is C15H15BrN2O3S. The largest absolute Gasteiger partial charge is 0.465 e. The first kappa shape index (κ1) is 16.6. The van der Waals surface area contributed by atoms with Crippen molar-refractivity contribution in [2.75, 3.05) is 13.7 Å².